The first kappa shape index (κ1) is 33.5. The maximum Gasteiger partial charge on any atom is 1.00 e. The second kappa shape index (κ2) is 15.3. The van der Waals surface area contributed by atoms with E-state index in [0.29, 0.717) is 0 Å². The molecule has 8 nitrogen and oxygen atoms in total. The van der Waals surface area contributed by atoms with Crippen LogP contribution in [0.3, 0.4) is 0 Å². The van der Waals surface area contributed by atoms with Gasteiger partial charge in [-0.1, -0.05) is 58.5 Å². The number of carbonyl (C=O) groups excluding carboxylic acids is 3. The predicted octanol–water partition coefficient (Wildman–Crippen LogP) is 4.96. The Hall–Kier alpha value is -3.73. The second-order valence-electron chi connectivity index (χ2n) is 10.1. The molecular weight excluding hydrogens is 515 g/mol. The number of aromatic hydroxyl groups is 1. The molecule has 0 saturated carbocycles. The molecular formula is C32H37LiN2O6. The monoisotopic (exact) mass is 552 g/mol. The second-order valence-corrected chi connectivity index (χ2v) is 10.1. The smallest absolute Gasteiger partial charge is 0.649 e. The molecule has 3 rings (SSSR count). The van der Waals surface area contributed by atoms with Gasteiger partial charge < -0.3 is 24.8 Å². The van der Waals surface area contributed by atoms with Crippen molar-refractivity contribution in [3.8, 4) is 17.2 Å². The van der Waals surface area contributed by atoms with E-state index in [4.69, 9.17) is 9.47 Å². The topological polar surface area (TPSA) is 107 Å². The van der Waals surface area contributed by atoms with Crippen molar-refractivity contribution in [1.82, 2.24) is 0 Å². The molecule has 1 amide bonds. The summed E-state index contributed by atoms with van der Waals surface area (Å²) in [5, 5.41) is 15.1. The van der Waals surface area contributed by atoms with Crippen molar-refractivity contribution in [2.24, 2.45) is 0 Å². The summed E-state index contributed by atoms with van der Waals surface area (Å²) in [5.74, 6) is -1.68. The molecule has 0 spiro atoms. The van der Waals surface area contributed by atoms with Crippen LogP contribution in [0.4, 0.5) is 17.1 Å². The molecule has 0 radical (unpaired) electrons. The molecule has 212 valence electrons. The number of esters is 2. The van der Waals surface area contributed by atoms with E-state index in [0.717, 1.165) is 31.3 Å². The van der Waals surface area contributed by atoms with E-state index in [1.165, 1.54) is 48.1 Å². The van der Waals surface area contributed by atoms with E-state index < -0.39 is 17.8 Å². The molecule has 1 N–H and O–H groups in total. The predicted molar refractivity (Wildman–Crippen MR) is 157 cm³/mol. The SMILES string of the molecule is CC(=O)Oc1cccc2c1[N-]c1c(OC(C)=O)cc(O)cc1N(C/C=C(\C)CC/C=C(\C)CCC=C(C)C)C2=O.[Li+]. The van der Waals surface area contributed by atoms with E-state index in [2.05, 4.69) is 38.2 Å². The quantitative estimate of drug-likeness (QED) is 0.193. The van der Waals surface area contributed by atoms with Crippen molar-refractivity contribution in [1.29, 1.82) is 0 Å². The molecule has 41 heavy (non-hydrogen) atoms. The third-order valence-electron chi connectivity index (χ3n) is 6.28. The first-order valence-corrected chi connectivity index (χ1v) is 13.3. The Kier molecular flexibility index (Phi) is 12.5. The number of ether oxygens (including phenoxy) is 2. The van der Waals surface area contributed by atoms with Crippen LogP contribution in [0.5, 0.6) is 17.2 Å². The number of para-hydroxylation sites is 1. The average molecular weight is 553 g/mol. The molecule has 1 aliphatic rings. The van der Waals surface area contributed by atoms with E-state index in [-0.39, 0.29) is 65.3 Å². The first-order chi connectivity index (χ1) is 19.0. The van der Waals surface area contributed by atoms with Gasteiger partial charge in [0.05, 0.1) is 0 Å². The number of benzene rings is 2. The number of carbonyl (C=O) groups is 3. The Morgan fingerprint density at radius 3 is 2.10 bits per heavy atom. The average Bonchev–Trinajstić information content (AvgIpc) is 2.97. The molecule has 2 aromatic rings. The number of rotatable bonds is 10. The van der Waals surface area contributed by atoms with Gasteiger partial charge in [0.2, 0.25) is 0 Å². The largest absolute Gasteiger partial charge is 1.00 e. The van der Waals surface area contributed by atoms with Crippen LogP contribution in [0, 0.1) is 0 Å². The van der Waals surface area contributed by atoms with E-state index >= 15 is 0 Å². The van der Waals surface area contributed by atoms with Gasteiger partial charge in [-0.25, -0.2) is 0 Å². The standard InChI is InChI=1S/C32H38N2O6.Li/c1-20(2)10-7-11-21(3)12-8-13-22(4)16-17-34-27-18-25(37)19-29(40-24(6)36)31(27)33-30-26(32(34)38)14-9-15-28(30)39-23(5)35;/h9-10,12,14-16,18-19H,7-8,11,13,17H2,1-6H3,(H2,33,37,38);/q;+1/p-1/b21-12+,22-16+;. The number of hydrogen-bond acceptors (Lipinski definition) is 6. The first-order valence-electron chi connectivity index (χ1n) is 13.3. The van der Waals surface area contributed by atoms with Gasteiger partial charge in [-0.2, -0.15) is 0 Å². The summed E-state index contributed by atoms with van der Waals surface area (Å²) >= 11 is 0. The minimum atomic E-state index is -0.612. The van der Waals surface area contributed by atoms with Gasteiger partial charge >= 0.3 is 30.8 Å². The molecule has 0 fully saturated rings. The number of phenols is 1. The summed E-state index contributed by atoms with van der Waals surface area (Å²) in [5.41, 5.74) is 4.55. The van der Waals surface area contributed by atoms with Gasteiger partial charge in [-0.05, 0) is 59.4 Å². The molecule has 2 aromatic carbocycles. The van der Waals surface area contributed by atoms with Crippen molar-refractivity contribution < 1.29 is 47.8 Å². The Labute approximate surface area is 254 Å². The summed E-state index contributed by atoms with van der Waals surface area (Å²) in [4.78, 5) is 38.9. The third kappa shape index (κ3) is 9.41. The Morgan fingerprint density at radius 1 is 0.854 bits per heavy atom. The molecule has 0 atom stereocenters. The zero-order valence-corrected chi connectivity index (χ0v) is 25.0. The number of nitrogens with zero attached hydrogens (tertiary/aromatic N) is 2. The summed E-state index contributed by atoms with van der Waals surface area (Å²) < 4.78 is 10.7. The van der Waals surface area contributed by atoms with Crippen molar-refractivity contribution in [2.75, 3.05) is 11.4 Å². The van der Waals surface area contributed by atoms with Crippen LogP contribution < -0.4 is 33.2 Å². The number of anilines is 1. The number of fused-ring (bicyclic) bond motifs is 2. The fourth-order valence-corrected chi connectivity index (χ4v) is 4.31. The summed E-state index contributed by atoms with van der Waals surface area (Å²) in [7, 11) is 0. The van der Waals surface area contributed by atoms with Crippen molar-refractivity contribution >= 4 is 34.9 Å². The molecule has 0 unspecified atom stereocenters. The van der Waals surface area contributed by atoms with Crippen LogP contribution in [0.25, 0.3) is 5.32 Å². The molecule has 9 heteroatoms. The number of phenolic OH excluding ortho intramolecular Hbond substituents is 1. The zero-order valence-electron chi connectivity index (χ0n) is 25.0. The molecule has 0 saturated heterocycles. The van der Waals surface area contributed by atoms with Crippen LogP contribution in [0.15, 0.2) is 65.3 Å². The summed E-state index contributed by atoms with van der Waals surface area (Å²) in [6, 6.07) is 7.41. The minimum absolute atomic E-state index is 0. The van der Waals surface area contributed by atoms with E-state index in [9.17, 15) is 19.5 Å². The fourth-order valence-electron chi connectivity index (χ4n) is 4.31. The number of amides is 1. The Morgan fingerprint density at radius 2 is 1.46 bits per heavy atom. The Bertz CT molecular complexity index is 1390. The van der Waals surface area contributed by atoms with Crippen molar-refractivity contribution in [3.63, 3.8) is 0 Å². The van der Waals surface area contributed by atoms with Gasteiger partial charge in [0.25, 0.3) is 5.91 Å². The van der Waals surface area contributed by atoms with E-state index in [1.807, 2.05) is 13.0 Å². The summed E-state index contributed by atoms with van der Waals surface area (Å²) in [6.45, 7) is 11.0. The van der Waals surface area contributed by atoms with Gasteiger partial charge in [0.1, 0.15) is 17.2 Å². The maximum atomic E-state index is 13.8. The van der Waals surface area contributed by atoms with Crippen LogP contribution in [-0.2, 0) is 9.59 Å². The van der Waals surface area contributed by atoms with Crippen molar-refractivity contribution in [2.45, 2.75) is 67.2 Å². The van der Waals surface area contributed by atoms with Gasteiger partial charge in [-0.15, -0.1) is 0 Å². The van der Waals surface area contributed by atoms with Gasteiger partial charge in [0, 0.05) is 43.8 Å². The van der Waals surface area contributed by atoms with Crippen LogP contribution in [0.2, 0.25) is 0 Å². The van der Waals surface area contributed by atoms with E-state index in [1.54, 1.807) is 12.1 Å². The molecule has 0 bridgehead atoms. The fraction of sp³-hybridized carbons (Fsp3) is 0.344. The number of hydrogen-bond donors (Lipinski definition) is 1. The third-order valence-corrected chi connectivity index (χ3v) is 6.28. The Balaban J connectivity index is 0.00000588. The van der Waals surface area contributed by atoms with Crippen LogP contribution in [0.1, 0.15) is 77.6 Å². The number of allylic oxidation sites excluding steroid dienone is 5. The normalized spacial score (nSPS) is 12.7. The van der Waals surface area contributed by atoms with Gasteiger partial charge in [0.15, 0.2) is 0 Å². The minimum Gasteiger partial charge on any atom is -0.649 e. The maximum absolute atomic E-state index is 13.8. The molecule has 1 aliphatic heterocycles. The molecule has 0 aromatic heterocycles. The zero-order chi connectivity index (χ0) is 29.4. The van der Waals surface area contributed by atoms with Crippen molar-refractivity contribution in [3.05, 3.63) is 76.2 Å². The molecule has 1 heterocycles. The van der Waals surface area contributed by atoms with Crippen LogP contribution in [-0.4, -0.2) is 29.5 Å². The van der Waals surface area contributed by atoms with Gasteiger partial charge in [-0.3, -0.25) is 14.4 Å². The van der Waals surface area contributed by atoms with Crippen LogP contribution >= 0.6 is 0 Å². The molecule has 0 aliphatic carbocycles. The summed E-state index contributed by atoms with van der Waals surface area (Å²) in [6.07, 6.45) is 10.2.